The summed E-state index contributed by atoms with van der Waals surface area (Å²) in [4.78, 5) is 25.8. The van der Waals surface area contributed by atoms with Gasteiger partial charge in [-0.25, -0.2) is 0 Å². The largest absolute Gasteiger partial charge is 0.326 e. The van der Waals surface area contributed by atoms with Gasteiger partial charge >= 0.3 is 0 Å². The van der Waals surface area contributed by atoms with Crippen molar-refractivity contribution in [3.05, 3.63) is 57.5 Å². The Morgan fingerprint density at radius 3 is 2.84 bits per heavy atom. The quantitative estimate of drug-likeness (QED) is 0.378. The molecule has 0 saturated heterocycles. The first-order valence-electron chi connectivity index (χ1n) is 11.2. The Labute approximate surface area is 195 Å². The molecule has 32 heavy (non-hydrogen) atoms. The summed E-state index contributed by atoms with van der Waals surface area (Å²) in [7, 11) is 0. The zero-order valence-electron chi connectivity index (χ0n) is 17.9. The minimum atomic E-state index is 0.0348. The number of carbonyl (C=O) groups excluding carboxylic acids is 2. The first-order valence-corrected chi connectivity index (χ1v) is 13.1. The molecule has 1 N–H and O–H groups in total. The number of ketones is 1. The van der Waals surface area contributed by atoms with E-state index in [0.29, 0.717) is 30.2 Å². The lowest BCUT2D eigenvalue weighted by Crippen LogP contribution is -2.19. The van der Waals surface area contributed by atoms with Gasteiger partial charge in [0.1, 0.15) is 5.82 Å². The second kappa shape index (κ2) is 9.58. The molecule has 0 atom stereocenters. The molecule has 8 heteroatoms. The number of nitrogens with zero attached hydrogens (tertiary/aromatic N) is 3. The van der Waals surface area contributed by atoms with E-state index in [9.17, 15) is 9.59 Å². The molecular weight excluding hydrogens is 440 g/mol. The highest BCUT2D eigenvalue weighted by Crippen LogP contribution is 2.34. The Morgan fingerprint density at radius 2 is 2.03 bits per heavy atom. The average Bonchev–Trinajstić information content (AvgIpc) is 3.48. The van der Waals surface area contributed by atoms with E-state index in [1.165, 1.54) is 35.9 Å². The topological polar surface area (TPSA) is 76.9 Å². The Balaban J connectivity index is 1.33. The van der Waals surface area contributed by atoms with Crippen molar-refractivity contribution in [1.82, 2.24) is 14.8 Å². The molecule has 6 nitrogen and oxygen atoms in total. The van der Waals surface area contributed by atoms with Crippen molar-refractivity contribution in [2.45, 2.75) is 62.6 Å². The van der Waals surface area contributed by atoms with Gasteiger partial charge in [0, 0.05) is 35.0 Å². The highest BCUT2D eigenvalue weighted by atomic mass is 32.2. The summed E-state index contributed by atoms with van der Waals surface area (Å²) in [5.74, 6) is 1.44. The number of hydrogen-bond donors (Lipinski definition) is 1. The van der Waals surface area contributed by atoms with Gasteiger partial charge in [0.05, 0.1) is 5.75 Å². The third-order valence-electron chi connectivity index (χ3n) is 6.24. The number of aryl methyl sites for hydroxylation is 1. The number of thiophene rings is 1. The lowest BCUT2D eigenvalue weighted by atomic mass is 9.95. The molecule has 0 bridgehead atoms. The molecule has 2 aromatic heterocycles. The van der Waals surface area contributed by atoms with Crippen LogP contribution in [0.25, 0.3) is 0 Å². The van der Waals surface area contributed by atoms with Gasteiger partial charge in [-0.3, -0.25) is 9.59 Å². The number of aromatic nitrogens is 3. The number of anilines is 1. The number of fused-ring (bicyclic) bond motifs is 1. The number of hydrogen-bond acceptors (Lipinski definition) is 6. The summed E-state index contributed by atoms with van der Waals surface area (Å²) in [6.07, 6.45) is 7.98. The van der Waals surface area contributed by atoms with Crippen LogP contribution in [0.1, 0.15) is 71.2 Å². The molecule has 0 radical (unpaired) electrons. The standard InChI is InChI=1S/C24H26N4O2S2/c29-21(17-8-10-20-16(13-17)9-11-23(30)25-20)15-32-24-27-26-22(14-19-7-4-12-31-19)28(24)18-5-2-1-3-6-18/h4,7-8,10,12-13,18H,1-3,5-6,9,11,14-15H2,(H,25,30). The zero-order chi connectivity index (χ0) is 21.9. The smallest absolute Gasteiger partial charge is 0.224 e. The number of carbonyl (C=O) groups is 2. The number of nitrogens with one attached hydrogen (secondary N) is 1. The number of Topliss-reactive ketones (excluding diaryl/α,β-unsaturated/α-hetero) is 1. The van der Waals surface area contributed by atoms with Gasteiger partial charge in [0.2, 0.25) is 5.91 Å². The summed E-state index contributed by atoms with van der Waals surface area (Å²) >= 11 is 3.23. The molecule has 166 valence electrons. The fourth-order valence-electron chi connectivity index (χ4n) is 4.57. The maximum absolute atomic E-state index is 13.0. The van der Waals surface area contributed by atoms with Crippen LogP contribution in [0.15, 0.2) is 40.9 Å². The summed E-state index contributed by atoms with van der Waals surface area (Å²) in [5, 5.41) is 14.8. The van der Waals surface area contributed by atoms with Gasteiger partial charge in [-0.05, 0) is 54.5 Å². The molecule has 1 amide bonds. The van der Waals surface area contributed by atoms with Crippen LogP contribution >= 0.6 is 23.1 Å². The van der Waals surface area contributed by atoms with Gasteiger partial charge in [-0.1, -0.05) is 37.1 Å². The Bertz CT molecular complexity index is 1120. The molecule has 0 unspecified atom stereocenters. The molecule has 1 saturated carbocycles. The van der Waals surface area contributed by atoms with Crippen LogP contribution in [0.4, 0.5) is 5.69 Å². The Morgan fingerprint density at radius 1 is 1.16 bits per heavy atom. The van der Waals surface area contributed by atoms with Crippen LogP contribution in [0.3, 0.4) is 0 Å². The SMILES string of the molecule is O=C1CCc2cc(C(=O)CSc3nnc(Cc4cccs4)n3C3CCCCC3)ccc2N1. The van der Waals surface area contributed by atoms with Gasteiger partial charge in [0.25, 0.3) is 0 Å². The lowest BCUT2D eigenvalue weighted by molar-refractivity contribution is -0.116. The Hall–Kier alpha value is -2.45. The predicted molar refractivity (Wildman–Crippen MR) is 128 cm³/mol. The van der Waals surface area contributed by atoms with Crippen molar-refractivity contribution in [2.75, 3.05) is 11.1 Å². The van der Waals surface area contributed by atoms with Gasteiger partial charge < -0.3 is 9.88 Å². The maximum atomic E-state index is 13.0. The molecule has 3 heterocycles. The van der Waals surface area contributed by atoms with Crippen LogP contribution in [-0.2, 0) is 17.6 Å². The fourth-order valence-corrected chi connectivity index (χ4v) is 6.19. The molecular formula is C24H26N4O2S2. The maximum Gasteiger partial charge on any atom is 0.224 e. The van der Waals surface area contributed by atoms with E-state index >= 15 is 0 Å². The number of thioether (sulfide) groups is 1. The van der Waals surface area contributed by atoms with E-state index < -0.39 is 0 Å². The van der Waals surface area contributed by atoms with Crippen LogP contribution in [-0.4, -0.2) is 32.2 Å². The Kier molecular flexibility index (Phi) is 6.41. The summed E-state index contributed by atoms with van der Waals surface area (Å²) in [6.45, 7) is 0. The fraction of sp³-hybridized carbons (Fsp3) is 0.417. The van der Waals surface area contributed by atoms with E-state index in [-0.39, 0.29) is 11.7 Å². The molecule has 1 aromatic carbocycles. The lowest BCUT2D eigenvalue weighted by Gasteiger charge is -2.25. The monoisotopic (exact) mass is 466 g/mol. The molecule has 3 aromatic rings. The second-order valence-corrected chi connectivity index (χ2v) is 10.4. The van der Waals surface area contributed by atoms with Gasteiger partial charge in [-0.15, -0.1) is 21.5 Å². The first-order chi connectivity index (χ1) is 15.7. The third kappa shape index (κ3) is 4.66. The molecule has 1 fully saturated rings. The van der Waals surface area contributed by atoms with Crippen LogP contribution < -0.4 is 5.32 Å². The summed E-state index contributed by atoms with van der Waals surface area (Å²) in [5.41, 5.74) is 2.54. The summed E-state index contributed by atoms with van der Waals surface area (Å²) < 4.78 is 2.30. The van der Waals surface area contributed by atoms with Crippen molar-refractivity contribution in [3.8, 4) is 0 Å². The van der Waals surface area contributed by atoms with E-state index in [1.807, 2.05) is 12.1 Å². The normalized spacial score (nSPS) is 16.6. The van der Waals surface area contributed by atoms with E-state index in [2.05, 4.69) is 37.6 Å². The second-order valence-electron chi connectivity index (χ2n) is 8.45. The summed E-state index contributed by atoms with van der Waals surface area (Å²) in [6, 6.07) is 10.2. The molecule has 1 aliphatic carbocycles. The van der Waals surface area contributed by atoms with Gasteiger partial charge in [0.15, 0.2) is 10.9 Å². The van der Waals surface area contributed by atoms with Crippen molar-refractivity contribution in [3.63, 3.8) is 0 Å². The minimum absolute atomic E-state index is 0.0348. The number of amides is 1. The van der Waals surface area contributed by atoms with Crippen molar-refractivity contribution < 1.29 is 9.59 Å². The van der Waals surface area contributed by atoms with E-state index in [0.717, 1.165) is 41.5 Å². The zero-order valence-corrected chi connectivity index (χ0v) is 19.5. The van der Waals surface area contributed by atoms with Crippen molar-refractivity contribution >= 4 is 40.5 Å². The highest BCUT2D eigenvalue weighted by molar-refractivity contribution is 7.99. The van der Waals surface area contributed by atoms with Crippen molar-refractivity contribution in [2.24, 2.45) is 0 Å². The molecule has 1 aliphatic heterocycles. The number of benzene rings is 1. The van der Waals surface area contributed by atoms with Crippen LogP contribution in [0.5, 0.6) is 0 Å². The van der Waals surface area contributed by atoms with E-state index in [4.69, 9.17) is 0 Å². The molecule has 0 spiro atoms. The first kappa shape index (κ1) is 21.4. The van der Waals surface area contributed by atoms with Gasteiger partial charge in [-0.2, -0.15) is 0 Å². The average molecular weight is 467 g/mol. The molecule has 5 rings (SSSR count). The number of rotatable bonds is 7. The van der Waals surface area contributed by atoms with Crippen molar-refractivity contribution in [1.29, 1.82) is 0 Å². The minimum Gasteiger partial charge on any atom is -0.326 e. The highest BCUT2D eigenvalue weighted by Gasteiger charge is 2.24. The van der Waals surface area contributed by atoms with E-state index in [1.54, 1.807) is 17.4 Å². The van der Waals surface area contributed by atoms with Crippen LogP contribution in [0.2, 0.25) is 0 Å². The third-order valence-corrected chi connectivity index (χ3v) is 8.06. The molecule has 2 aliphatic rings. The predicted octanol–water partition coefficient (Wildman–Crippen LogP) is 5.30. The van der Waals surface area contributed by atoms with Crippen LogP contribution in [0, 0.1) is 0 Å².